The number of hydrogen-bond donors (Lipinski definition) is 1. The van der Waals surface area contributed by atoms with Crippen LogP contribution in [0.5, 0.6) is 0 Å². The van der Waals surface area contributed by atoms with E-state index in [2.05, 4.69) is 21.2 Å². The molecule has 0 fully saturated rings. The monoisotopic (exact) mass is 665 g/mol. The zero-order valence-electron chi connectivity index (χ0n) is 23.7. The van der Waals surface area contributed by atoms with Crippen LogP contribution in [0.4, 0.5) is 10.1 Å². The third-order valence-corrected chi connectivity index (χ3v) is 9.07. The topological polar surface area (TPSA) is 86.8 Å². The molecule has 0 saturated heterocycles. The van der Waals surface area contributed by atoms with E-state index < -0.39 is 34.3 Å². The van der Waals surface area contributed by atoms with Crippen LogP contribution >= 0.6 is 15.9 Å². The van der Waals surface area contributed by atoms with Gasteiger partial charge in [-0.2, -0.15) is 0 Å². The van der Waals surface area contributed by atoms with Gasteiger partial charge in [-0.1, -0.05) is 83.5 Å². The molecule has 43 heavy (non-hydrogen) atoms. The van der Waals surface area contributed by atoms with E-state index in [9.17, 15) is 22.4 Å². The van der Waals surface area contributed by atoms with Gasteiger partial charge in [-0.15, -0.1) is 0 Å². The Morgan fingerprint density at radius 3 is 2.12 bits per heavy atom. The average Bonchev–Trinajstić information content (AvgIpc) is 3.01. The number of amides is 2. The average molecular weight is 667 g/mol. The predicted octanol–water partition coefficient (Wildman–Crippen LogP) is 5.95. The standard InChI is InChI=1S/C33H33BrFN3O4S/c1-2-20-36-33(40)31(22-25-10-5-3-6-11-25)37(23-26-12-9-13-27(34)21-26)32(39)24-38(29-18-16-28(35)17-19-29)43(41,42)30-14-7-4-8-15-30/h3-19,21,31H,2,20,22-24H2,1H3,(H,36,40). The summed E-state index contributed by atoms with van der Waals surface area (Å²) in [5.74, 6) is -1.47. The van der Waals surface area contributed by atoms with Gasteiger partial charge in [0.05, 0.1) is 10.6 Å². The first-order valence-electron chi connectivity index (χ1n) is 13.9. The Morgan fingerprint density at radius 2 is 1.49 bits per heavy atom. The van der Waals surface area contributed by atoms with Gasteiger partial charge in [0.25, 0.3) is 10.0 Å². The van der Waals surface area contributed by atoms with Crippen LogP contribution < -0.4 is 9.62 Å². The van der Waals surface area contributed by atoms with Crippen LogP contribution in [0, 0.1) is 5.82 Å². The predicted molar refractivity (Wildman–Crippen MR) is 169 cm³/mol. The van der Waals surface area contributed by atoms with E-state index in [-0.39, 0.29) is 29.5 Å². The number of anilines is 1. The van der Waals surface area contributed by atoms with E-state index >= 15 is 0 Å². The number of sulfonamides is 1. The molecule has 1 atom stereocenters. The van der Waals surface area contributed by atoms with Crippen LogP contribution in [0.15, 0.2) is 119 Å². The third kappa shape index (κ3) is 8.52. The second kappa shape index (κ2) is 14.9. The van der Waals surface area contributed by atoms with Gasteiger partial charge in [0.1, 0.15) is 18.4 Å². The van der Waals surface area contributed by atoms with Gasteiger partial charge in [0, 0.05) is 24.0 Å². The largest absolute Gasteiger partial charge is 0.354 e. The Morgan fingerprint density at radius 1 is 0.860 bits per heavy atom. The molecule has 10 heteroatoms. The molecule has 0 aliphatic carbocycles. The maximum atomic E-state index is 14.3. The highest BCUT2D eigenvalue weighted by atomic mass is 79.9. The summed E-state index contributed by atoms with van der Waals surface area (Å²) < 4.78 is 43.4. The first-order chi connectivity index (χ1) is 20.7. The minimum atomic E-state index is -4.24. The first kappa shape index (κ1) is 31.9. The van der Waals surface area contributed by atoms with E-state index in [0.717, 1.165) is 32.0 Å². The molecular formula is C33H33BrFN3O4S. The summed E-state index contributed by atoms with van der Waals surface area (Å²) in [6, 6.07) is 28.4. The molecule has 0 aliphatic rings. The molecule has 0 aromatic heterocycles. The lowest BCUT2D eigenvalue weighted by molar-refractivity contribution is -0.140. The van der Waals surface area contributed by atoms with Crippen LogP contribution in [0.25, 0.3) is 0 Å². The van der Waals surface area contributed by atoms with Gasteiger partial charge in [0.2, 0.25) is 11.8 Å². The van der Waals surface area contributed by atoms with Gasteiger partial charge in [-0.05, 0) is 66.1 Å². The van der Waals surface area contributed by atoms with Gasteiger partial charge in [-0.25, -0.2) is 12.8 Å². The second-order valence-corrected chi connectivity index (χ2v) is 12.7. The van der Waals surface area contributed by atoms with E-state index in [4.69, 9.17) is 0 Å². The second-order valence-electron chi connectivity index (χ2n) is 9.95. The summed E-state index contributed by atoms with van der Waals surface area (Å²) in [6.07, 6.45) is 0.926. The SMILES string of the molecule is CCCNC(=O)C(Cc1ccccc1)N(Cc1cccc(Br)c1)C(=O)CN(c1ccc(F)cc1)S(=O)(=O)c1ccccc1. The molecule has 0 saturated carbocycles. The highest BCUT2D eigenvalue weighted by Crippen LogP contribution is 2.25. The molecule has 0 radical (unpaired) electrons. The zero-order chi connectivity index (χ0) is 30.8. The maximum Gasteiger partial charge on any atom is 0.264 e. The lowest BCUT2D eigenvalue weighted by Crippen LogP contribution is -2.53. The normalized spacial score (nSPS) is 11.9. The fraction of sp³-hybridized carbons (Fsp3) is 0.212. The summed E-state index contributed by atoms with van der Waals surface area (Å²) in [6.45, 7) is 1.81. The zero-order valence-corrected chi connectivity index (χ0v) is 26.1. The van der Waals surface area contributed by atoms with Crippen molar-refractivity contribution in [2.45, 2.75) is 37.2 Å². The lowest BCUT2D eigenvalue weighted by Gasteiger charge is -2.34. The quantitative estimate of drug-likeness (QED) is 0.191. The number of carbonyl (C=O) groups is 2. The van der Waals surface area contributed by atoms with Gasteiger partial charge < -0.3 is 10.2 Å². The van der Waals surface area contributed by atoms with Crippen LogP contribution in [0.2, 0.25) is 0 Å². The number of hydrogen-bond acceptors (Lipinski definition) is 4. The maximum absolute atomic E-state index is 14.3. The Kier molecular flexibility index (Phi) is 11.1. The lowest BCUT2D eigenvalue weighted by atomic mass is 10.0. The Bertz CT molecular complexity index is 1620. The van der Waals surface area contributed by atoms with Crippen LogP contribution in [-0.2, 0) is 32.6 Å². The van der Waals surface area contributed by atoms with Crippen LogP contribution in [0.3, 0.4) is 0 Å². The van der Waals surface area contributed by atoms with E-state index in [1.54, 1.807) is 18.2 Å². The molecular weight excluding hydrogens is 633 g/mol. The van der Waals surface area contributed by atoms with Crippen molar-refractivity contribution in [1.29, 1.82) is 0 Å². The summed E-state index contributed by atoms with van der Waals surface area (Å²) >= 11 is 3.47. The molecule has 0 bridgehead atoms. The van der Waals surface area contributed by atoms with Crippen molar-refractivity contribution in [2.24, 2.45) is 0 Å². The molecule has 1 unspecified atom stereocenters. The number of carbonyl (C=O) groups excluding carboxylic acids is 2. The van der Waals surface area contributed by atoms with Crippen LogP contribution in [-0.4, -0.2) is 44.3 Å². The molecule has 4 rings (SSSR count). The van der Waals surface area contributed by atoms with Gasteiger partial charge >= 0.3 is 0 Å². The summed E-state index contributed by atoms with van der Waals surface area (Å²) in [5.41, 5.74) is 1.72. The van der Waals surface area contributed by atoms with Crippen molar-refractivity contribution in [3.05, 3.63) is 131 Å². The van der Waals surface area contributed by atoms with Crippen LogP contribution in [0.1, 0.15) is 24.5 Å². The molecule has 4 aromatic carbocycles. The Balaban J connectivity index is 1.78. The number of nitrogens with one attached hydrogen (secondary N) is 1. The minimum Gasteiger partial charge on any atom is -0.354 e. The molecule has 2 amide bonds. The molecule has 0 spiro atoms. The Hall–Kier alpha value is -4.02. The molecule has 0 heterocycles. The fourth-order valence-corrected chi connectivity index (χ4v) is 6.49. The summed E-state index contributed by atoms with van der Waals surface area (Å²) in [4.78, 5) is 29.4. The fourth-order valence-electron chi connectivity index (χ4n) is 4.61. The number of benzene rings is 4. The van der Waals surface area contributed by atoms with Gasteiger partial charge in [0.15, 0.2) is 0 Å². The molecule has 7 nitrogen and oxygen atoms in total. The number of nitrogens with zero attached hydrogens (tertiary/aromatic N) is 2. The molecule has 1 N–H and O–H groups in total. The summed E-state index contributed by atoms with van der Waals surface area (Å²) in [5, 5.41) is 2.92. The smallest absolute Gasteiger partial charge is 0.264 e. The molecule has 0 aliphatic heterocycles. The Labute approximate surface area is 260 Å². The van der Waals surface area contributed by atoms with Crippen molar-refractivity contribution < 1.29 is 22.4 Å². The van der Waals surface area contributed by atoms with Crippen molar-refractivity contribution in [2.75, 3.05) is 17.4 Å². The highest BCUT2D eigenvalue weighted by Gasteiger charge is 2.34. The number of rotatable bonds is 13. The van der Waals surface area contributed by atoms with E-state index in [1.165, 1.54) is 29.2 Å². The first-order valence-corrected chi connectivity index (χ1v) is 16.1. The third-order valence-electron chi connectivity index (χ3n) is 6.79. The van der Waals surface area contributed by atoms with Crippen molar-refractivity contribution in [3.63, 3.8) is 0 Å². The number of halogens is 2. The van der Waals surface area contributed by atoms with E-state index in [0.29, 0.717) is 13.0 Å². The summed E-state index contributed by atoms with van der Waals surface area (Å²) in [7, 11) is -4.24. The van der Waals surface area contributed by atoms with Crippen molar-refractivity contribution in [1.82, 2.24) is 10.2 Å². The molecule has 4 aromatic rings. The van der Waals surface area contributed by atoms with Gasteiger partial charge in [-0.3, -0.25) is 13.9 Å². The highest BCUT2D eigenvalue weighted by molar-refractivity contribution is 9.10. The molecule has 224 valence electrons. The van der Waals surface area contributed by atoms with Crippen molar-refractivity contribution >= 4 is 43.5 Å². The van der Waals surface area contributed by atoms with Crippen molar-refractivity contribution in [3.8, 4) is 0 Å². The van der Waals surface area contributed by atoms with E-state index in [1.807, 2.05) is 61.5 Å². The minimum absolute atomic E-state index is 0.0211.